The number of hydrogen-bond acceptors (Lipinski definition) is 4. The van der Waals surface area contributed by atoms with Crippen LogP contribution >= 0.6 is 0 Å². The van der Waals surface area contributed by atoms with Gasteiger partial charge in [0.25, 0.3) is 6.71 Å². The molecule has 0 atom stereocenters. The van der Waals surface area contributed by atoms with Crippen molar-refractivity contribution in [2.24, 2.45) is 0 Å². The lowest BCUT2D eigenvalue weighted by atomic mass is 9.33. The molecule has 0 spiro atoms. The molecule has 0 aliphatic carbocycles. The number of benzene rings is 9. The van der Waals surface area contributed by atoms with Gasteiger partial charge in [-0.25, -0.2) is 0 Å². The van der Waals surface area contributed by atoms with Crippen LogP contribution in [0.5, 0.6) is 23.0 Å². The molecule has 0 aromatic heterocycles. The zero-order valence-electron chi connectivity index (χ0n) is 32.3. The number of hydrogen-bond donors (Lipinski definition) is 0. The van der Waals surface area contributed by atoms with Crippen LogP contribution in [0, 0.1) is 0 Å². The maximum Gasteiger partial charge on any atom is 0.262 e. The van der Waals surface area contributed by atoms with Gasteiger partial charge in [-0.1, -0.05) is 135 Å². The van der Waals surface area contributed by atoms with Gasteiger partial charge in [0.05, 0.1) is 11.4 Å². The predicted molar refractivity (Wildman–Crippen MR) is 243 cm³/mol. The third-order valence-electron chi connectivity index (χ3n) is 11.7. The molecule has 0 saturated carbocycles. The monoisotopic (exact) mass is 746 g/mol. The molecular weight excluding hydrogens is 707 g/mol. The first-order valence-corrected chi connectivity index (χ1v) is 20.1. The number of para-hydroxylation sites is 4. The van der Waals surface area contributed by atoms with Gasteiger partial charge in [-0.05, 0) is 93.8 Å². The Morgan fingerprint density at radius 1 is 0.362 bits per heavy atom. The second-order valence-electron chi connectivity index (χ2n) is 15.4. The number of nitrogens with zero attached hydrogens (tertiary/aromatic N) is 2. The van der Waals surface area contributed by atoms with Gasteiger partial charge in [0, 0.05) is 51.1 Å². The first-order chi connectivity index (χ1) is 28.6. The Hall–Kier alpha value is -7.24. The lowest BCUT2D eigenvalue weighted by Crippen LogP contribution is -2.58. The fraction of sp³-hybridized carbons (Fsp3) is 0.0566. The van der Waals surface area contributed by atoms with Crippen LogP contribution in [-0.2, 0) is 0 Å². The van der Waals surface area contributed by atoms with E-state index in [1.807, 2.05) is 0 Å². The minimum absolute atomic E-state index is 0.152. The minimum Gasteiger partial charge on any atom is -0.458 e. The van der Waals surface area contributed by atoms with E-state index in [2.05, 4.69) is 218 Å². The van der Waals surface area contributed by atoms with Crippen molar-refractivity contribution in [1.29, 1.82) is 0 Å². The topological polar surface area (TPSA) is 24.9 Å². The summed E-state index contributed by atoms with van der Waals surface area (Å²) in [6.45, 7) is 4.30. The van der Waals surface area contributed by atoms with Crippen molar-refractivity contribution in [1.82, 2.24) is 0 Å². The highest BCUT2D eigenvalue weighted by Crippen LogP contribution is 2.47. The molecule has 58 heavy (non-hydrogen) atoms. The number of ether oxygens (including phenoxy) is 2. The highest BCUT2D eigenvalue weighted by Gasteiger charge is 2.44. The predicted octanol–water partition coefficient (Wildman–Crippen LogP) is 12.8. The standard InChI is InChI=1S/C53H39BN2O2/c1-35(2)36-31-47-53-48(32-36)58-50-34-46(56(39-23-11-5-12-24-39)40-25-13-6-14-26-40)42-28-16-18-30-44(42)52(50)54(53)51-43-29-17-15-27-41(43)45(33-49(51)57-47)55(37-19-7-3-8-20-37)38-21-9-4-10-22-38/h3-35H,1-2H3. The van der Waals surface area contributed by atoms with Gasteiger partial charge in [-0.3, -0.25) is 0 Å². The van der Waals surface area contributed by atoms with E-state index in [0.29, 0.717) is 0 Å². The van der Waals surface area contributed by atoms with Gasteiger partial charge in [0.2, 0.25) is 0 Å². The van der Waals surface area contributed by atoms with Gasteiger partial charge in [0.1, 0.15) is 23.0 Å². The largest absolute Gasteiger partial charge is 0.458 e. The molecule has 9 aromatic rings. The molecule has 2 heterocycles. The Kier molecular flexibility index (Phi) is 8.07. The smallest absolute Gasteiger partial charge is 0.262 e. The van der Waals surface area contributed by atoms with Crippen LogP contribution in [0.4, 0.5) is 34.1 Å². The van der Waals surface area contributed by atoms with Gasteiger partial charge in [-0.15, -0.1) is 0 Å². The summed E-state index contributed by atoms with van der Waals surface area (Å²) in [7, 11) is 0. The van der Waals surface area contributed by atoms with Crippen LogP contribution in [0.25, 0.3) is 21.5 Å². The number of anilines is 6. The van der Waals surface area contributed by atoms with Crippen LogP contribution < -0.4 is 35.7 Å². The average molecular weight is 747 g/mol. The van der Waals surface area contributed by atoms with Crippen molar-refractivity contribution >= 4 is 78.8 Å². The quantitative estimate of drug-likeness (QED) is 0.152. The molecule has 9 aromatic carbocycles. The SMILES string of the molecule is CC(C)c1cc2c3c(c1)Oc1cc(N(c4ccccc4)c4ccccc4)c4ccccc4c1B3c1c(cc(N(c3ccccc3)c3ccccc3)c3ccccc13)O2. The van der Waals surface area contributed by atoms with Gasteiger partial charge in [-0.2, -0.15) is 0 Å². The first kappa shape index (κ1) is 34.0. The zero-order valence-corrected chi connectivity index (χ0v) is 32.3. The lowest BCUT2D eigenvalue weighted by molar-refractivity contribution is 0.463. The van der Waals surface area contributed by atoms with Crippen LogP contribution in [0.15, 0.2) is 194 Å². The molecule has 2 aliphatic heterocycles. The van der Waals surface area contributed by atoms with E-state index in [0.717, 1.165) is 95.1 Å². The molecule has 276 valence electrons. The van der Waals surface area contributed by atoms with Gasteiger partial charge >= 0.3 is 0 Å². The summed E-state index contributed by atoms with van der Waals surface area (Å²) in [5.74, 6) is 3.67. The maximum atomic E-state index is 7.18. The fourth-order valence-corrected chi connectivity index (χ4v) is 9.08. The van der Waals surface area contributed by atoms with Gasteiger partial charge in [0.15, 0.2) is 0 Å². The first-order valence-electron chi connectivity index (χ1n) is 20.1. The summed E-state index contributed by atoms with van der Waals surface area (Å²) in [4.78, 5) is 4.69. The molecule has 0 saturated heterocycles. The summed E-state index contributed by atoms with van der Waals surface area (Å²) in [6.07, 6.45) is 0. The third-order valence-corrected chi connectivity index (χ3v) is 11.7. The van der Waals surface area contributed by atoms with Crippen molar-refractivity contribution in [2.75, 3.05) is 9.80 Å². The fourth-order valence-electron chi connectivity index (χ4n) is 9.08. The van der Waals surface area contributed by atoms with E-state index in [-0.39, 0.29) is 12.6 Å². The van der Waals surface area contributed by atoms with Crippen LogP contribution in [0.1, 0.15) is 25.3 Å². The Bertz CT molecular complexity index is 2710. The Morgan fingerprint density at radius 3 is 1.02 bits per heavy atom. The van der Waals surface area contributed by atoms with E-state index in [9.17, 15) is 0 Å². The molecular formula is C53H39BN2O2. The number of fused-ring (bicyclic) bond motifs is 8. The van der Waals surface area contributed by atoms with Crippen LogP contribution in [0.2, 0.25) is 0 Å². The van der Waals surface area contributed by atoms with Crippen molar-refractivity contribution in [3.05, 3.63) is 200 Å². The van der Waals surface area contributed by atoms with Crippen molar-refractivity contribution in [2.45, 2.75) is 19.8 Å². The van der Waals surface area contributed by atoms with Crippen molar-refractivity contribution < 1.29 is 9.47 Å². The summed E-state index contributed by atoms with van der Waals surface area (Å²) in [5.41, 5.74) is 11.0. The molecule has 0 amide bonds. The molecule has 11 rings (SSSR count). The highest BCUT2D eigenvalue weighted by molar-refractivity contribution is 7.01. The second kappa shape index (κ2) is 13.8. The maximum absolute atomic E-state index is 7.18. The molecule has 4 nitrogen and oxygen atoms in total. The Labute approximate surface area is 339 Å². The van der Waals surface area contributed by atoms with Crippen molar-refractivity contribution in [3.63, 3.8) is 0 Å². The van der Waals surface area contributed by atoms with E-state index >= 15 is 0 Å². The molecule has 0 radical (unpaired) electrons. The minimum atomic E-state index is -0.152. The Morgan fingerprint density at radius 2 is 0.672 bits per heavy atom. The molecule has 0 N–H and O–H groups in total. The average Bonchev–Trinajstić information content (AvgIpc) is 3.27. The zero-order chi connectivity index (χ0) is 38.7. The second-order valence-corrected chi connectivity index (χ2v) is 15.4. The molecule has 0 unspecified atom stereocenters. The summed E-state index contributed by atoms with van der Waals surface area (Å²) in [5, 5.41) is 4.60. The molecule has 5 heteroatoms. The summed E-state index contributed by atoms with van der Waals surface area (Å²) >= 11 is 0. The summed E-state index contributed by atoms with van der Waals surface area (Å²) < 4.78 is 14.4. The molecule has 0 bridgehead atoms. The third kappa shape index (κ3) is 5.46. The van der Waals surface area contributed by atoms with E-state index in [1.165, 1.54) is 5.56 Å². The molecule has 2 aliphatic rings. The van der Waals surface area contributed by atoms with E-state index in [1.54, 1.807) is 0 Å². The molecule has 0 fully saturated rings. The van der Waals surface area contributed by atoms with Crippen LogP contribution in [0.3, 0.4) is 0 Å². The van der Waals surface area contributed by atoms with E-state index in [4.69, 9.17) is 9.47 Å². The van der Waals surface area contributed by atoms with Gasteiger partial charge < -0.3 is 19.3 Å². The van der Waals surface area contributed by atoms with Crippen molar-refractivity contribution in [3.8, 4) is 23.0 Å². The number of rotatable bonds is 7. The van der Waals surface area contributed by atoms with Crippen LogP contribution in [-0.4, -0.2) is 6.71 Å². The summed E-state index contributed by atoms with van der Waals surface area (Å²) in [6, 6.07) is 69.1. The normalized spacial score (nSPS) is 12.4. The van der Waals surface area contributed by atoms with E-state index < -0.39 is 0 Å². The lowest BCUT2D eigenvalue weighted by Gasteiger charge is -2.37. The Balaban J connectivity index is 1.21. The highest BCUT2D eigenvalue weighted by atomic mass is 16.5.